The van der Waals surface area contributed by atoms with Gasteiger partial charge in [0.15, 0.2) is 0 Å². The standard InChI is InChI=1S/C18H14FN3O2/c1-18(14-5-3-2-4-6-14)16(23)22(17(24)21-18)11-13-9-12(10-20)7-8-15(13)19/h2-9H,11H2,1H3,(H,21,24). The molecule has 0 spiro atoms. The molecule has 1 N–H and O–H groups in total. The van der Waals surface area contributed by atoms with Crippen LogP contribution in [-0.2, 0) is 16.9 Å². The molecule has 3 rings (SSSR count). The van der Waals surface area contributed by atoms with E-state index >= 15 is 0 Å². The van der Waals surface area contributed by atoms with Gasteiger partial charge in [-0.2, -0.15) is 5.26 Å². The Hall–Kier alpha value is -3.20. The van der Waals surface area contributed by atoms with E-state index in [1.54, 1.807) is 31.2 Å². The summed E-state index contributed by atoms with van der Waals surface area (Å²) in [5.74, 6) is -1.02. The lowest BCUT2D eigenvalue weighted by Crippen LogP contribution is -2.40. The van der Waals surface area contributed by atoms with Crippen LogP contribution in [-0.4, -0.2) is 16.8 Å². The lowest BCUT2D eigenvalue weighted by atomic mass is 9.92. The zero-order chi connectivity index (χ0) is 17.3. The normalized spacial score (nSPS) is 20.0. The summed E-state index contributed by atoms with van der Waals surface area (Å²) in [5.41, 5.74) is -0.155. The van der Waals surface area contributed by atoms with E-state index in [4.69, 9.17) is 5.26 Å². The maximum atomic E-state index is 13.9. The molecule has 1 fully saturated rings. The number of carbonyl (C=O) groups excluding carboxylic acids is 2. The molecular formula is C18H14FN3O2. The molecule has 0 bridgehead atoms. The van der Waals surface area contributed by atoms with Crippen LogP contribution in [0.3, 0.4) is 0 Å². The first-order valence-corrected chi connectivity index (χ1v) is 7.34. The van der Waals surface area contributed by atoms with Crippen molar-refractivity contribution in [1.82, 2.24) is 10.2 Å². The van der Waals surface area contributed by atoms with Crippen molar-refractivity contribution >= 4 is 11.9 Å². The molecule has 0 aliphatic carbocycles. The third-order valence-electron chi connectivity index (χ3n) is 4.13. The lowest BCUT2D eigenvalue weighted by Gasteiger charge is -2.22. The summed E-state index contributed by atoms with van der Waals surface area (Å²) >= 11 is 0. The Bertz CT molecular complexity index is 860. The SMILES string of the molecule is CC1(c2ccccc2)NC(=O)N(Cc2cc(C#N)ccc2F)C1=O. The summed E-state index contributed by atoms with van der Waals surface area (Å²) in [6, 6.07) is 14.0. The molecule has 0 aromatic heterocycles. The first-order valence-electron chi connectivity index (χ1n) is 7.34. The van der Waals surface area contributed by atoms with Gasteiger partial charge in [-0.25, -0.2) is 9.18 Å². The molecule has 120 valence electrons. The van der Waals surface area contributed by atoms with E-state index in [0.29, 0.717) is 5.56 Å². The number of amides is 3. The molecule has 0 saturated carbocycles. The highest BCUT2D eigenvalue weighted by molar-refractivity contribution is 6.07. The van der Waals surface area contributed by atoms with Crippen LogP contribution >= 0.6 is 0 Å². The van der Waals surface area contributed by atoms with Crippen molar-refractivity contribution in [3.63, 3.8) is 0 Å². The lowest BCUT2D eigenvalue weighted by molar-refractivity contribution is -0.131. The summed E-state index contributed by atoms with van der Waals surface area (Å²) in [4.78, 5) is 26.0. The number of hydrogen-bond acceptors (Lipinski definition) is 3. The van der Waals surface area contributed by atoms with Crippen molar-refractivity contribution in [3.05, 3.63) is 71.0 Å². The molecule has 2 aromatic rings. The number of hydrogen-bond donors (Lipinski definition) is 1. The van der Waals surface area contributed by atoms with E-state index in [0.717, 1.165) is 11.0 Å². The molecule has 1 heterocycles. The number of nitriles is 1. The molecule has 5 nitrogen and oxygen atoms in total. The molecule has 1 saturated heterocycles. The van der Waals surface area contributed by atoms with Crippen LogP contribution in [0.4, 0.5) is 9.18 Å². The minimum Gasteiger partial charge on any atom is -0.319 e. The largest absolute Gasteiger partial charge is 0.325 e. The fourth-order valence-corrected chi connectivity index (χ4v) is 2.74. The van der Waals surface area contributed by atoms with Gasteiger partial charge in [-0.15, -0.1) is 0 Å². The third kappa shape index (κ3) is 2.50. The maximum absolute atomic E-state index is 13.9. The number of halogens is 1. The number of carbonyl (C=O) groups is 2. The Morgan fingerprint density at radius 1 is 1.21 bits per heavy atom. The smallest absolute Gasteiger partial charge is 0.319 e. The molecular weight excluding hydrogens is 309 g/mol. The molecule has 1 atom stereocenters. The van der Waals surface area contributed by atoms with E-state index in [1.165, 1.54) is 12.1 Å². The first kappa shape index (κ1) is 15.7. The van der Waals surface area contributed by atoms with Gasteiger partial charge >= 0.3 is 6.03 Å². The number of rotatable bonds is 3. The average Bonchev–Trinajstić information content (AvgIpc) is 2.81. The minimum absolute atomic E-state index is 0.120. The third-order valence-corrected chi connectivity index (χ3v) is 4.13. The Morgan fingerprint density at radius 3 is 2.58 bits per heavy atom. The van der Waals surface area contributed by atoms with Gasteiger partial charge < -0.3 is 5.32 Å². The molecule has 1 aliphatic heterocycles. The quantitative estimate of drug-likeness (QED) is 0.883. The van der Waals surface area contributed by atoms with Crippen molar-refractivity contribution in [2.75, 3.05) is 0 Å². The van der Waals surface area contributed by atoms with Gasteiger partial charge in [0.05, 0.1) is 18.2 Å². The van der Waals surface area contributed by atoms with E-state index in [-0.39, 0.29) is 17.7 Å². The second-order valence-corrected chi connectivity index (χ2v) is 5.73. The average molecular weight is 323 g/mol. The highest BCUT2D eigenvalue weighted by atomic mass is 19.1. The molecule has 24 heavy (non-hydrogen) atoms. The van der Waals surface area contributed by atoms with Gasteiger partial charge in [-0.1, -0.05) is 30.3 Å². The predicted molar refractivity (Wildman–Crippen MR) is 84.0 cm³/mol. The van der Waals surface area contributed by atoms with Gasteiger partial charge in [0.25, 0.3) is 5.91 Å². The highest BCUT2D eigenvalue weighted by Gasteiger charge is 2.48. The monoisotopic (exact) mass is 323 g/mol. The number of benzene rings is 2. The number of nitrogens with zero attached hydrogens (tertiary/aromatic N) is 2. The second kappa shape index (κ2) is 5.78. The van der Waals surface area contributed by atoms with E-state index in [2.05, 4.69) is 5.32 Å². The predicted octanol–water partition coefficient (Wildman–Crippen LogP) is 2.66. The summed E-state index contributed by atoms with van der Waals surface area (Å²) in [6.07, 6.45) is 0. The van der Waals surface area contributed by atoms with Gasteiger partial charge in [0.1, 0.15) is 11.4 Å². The van der Waals surface area contributed by atoms with Crippen LogP contribution in [0, 0.1) is 17.1 Å². The van der Waals surface area contributed by atoms with Gasteiger partial charge in [-0.05, 0) is 30.7 Å². The van der Waals surface area contributed by atoms with Gasteiger partial charge in [0, 0.05) is 5.56 Å². The van der Waals surface area contributed by atoms with Crippen molar-refractivity contribution in [2.45, 2.75) is 19.0 Å². The first-order chi connectivity index (χ1) is 11.5. The Kier molecular flexibility index (Phi) is 3.78. The second-order valence-electron chi connectivity index (χ2n) is 5.73. The molecule has 1 unspecified atom stereocenters. The zero-order valence-electron chi connectivity index (χ0n) is 12.9. The van der Waals surface area contributed by atoms with Crippen LogP contribution in [0.15, 0.2) is 48.5 Å². The van der Waals surface area contributed by atoms with Crippen LogP contribution < -0.4 is 5.32 Å². The molecule has 0 radical (unpaired) electrons. The fraction of sp³-hybridized carbons (Fsp3) is 0.167. The van der Waals surface area contributed by atoms with E-state index in [9.17, 15) is 14.0 Å². The van der Waals surface area contributed by atoms with Crippen LogP contribution in [0.2, 0.25) is 0 Å². The molecule has 1 aliphatic rings. The van der Waals surface area contributed by atoms with Gasteiger partial charge in [0.2, 0.25) is 0 Å². The van der Waals surface area contributed by atoms with Crippen molar-refractivity contribution in [3.8, 4) is 6.07 Å². The maximum Gasteiger partial charge on any atom is 0.325 e. The van der Waals surface area contributed by atoms with Crippen LogP contribution in [0.1, 0.15) is 23.6 Å². The van der Waals surface area contributed by atoms with Gasteiger partial charge in [-0.3, -0.25) is 9.69 Å². The molecule has 2 aromatic carbocycles. The number of urea groups is 1. The van der Waals surface area contributed by atoms with Crippen molar-refractivity contribution in [1.29, 1.82) is 5.26 Å². The van der Waals surface area contributed by atoms with Crippen molar-refractivity contribution < 1.29 is 14.0 Å². The summed E-state index contributed by atoms with van der Waals surface area (Å²) in [6.45, 7) is 1.39. The Balaban J connectivity index is 1.92. The fourth-order valence-electron chi connectivity index (χ4n) is 2.74. The summed E-state index contributed by atoms with van der Waals surface area (Å²) in [7, 11) is 0. The zero-order valence-corrected chi connectivity index (χ0v) is 12.9. The Labute approximate surface area is 138 Å². The van der Waals surface area contributed by atoms with Crippen molar-refractivity contribution in [2.24, 2.45) is 0 Å². The highest BCUT2D eigenvalue weighted by Crippen LogP contribution is 2.30. The Morgan fingerprint density at radius 2 is 1.92 bits per heavy atom. The van der Waals surface area contributed by atoms with E-state index in [1.807, 2.05) is 12.1 Å². The minimum atomic E-state index is -1.19. The molecule has 6 heteroatoms. The summed E-state index contributed by atoms with van der Waals surface area (Å²) in [5, 5.41) is 11.6. The van der Waals surface area contributed by atoms with Crippen LogP contribution in [0.25, 0.3) is 0 Å². The van der Waals surface area contributed by atoms with E-state index < -0.39 is 23.3 Å². The number of nitrogens with one attached hydrogen (secondary N) is 1. The summed E-state index contributed by atoms with van der Waals surface area (Å²) < 4.78 is 13.9. The topological polar surface area (TPSA) is 73.2 Å². The molecule has 3 amide bonds. The number of imide groups is 1. The van der Waals surface area contributed by atoms with Crippen LogP contribution in [0.5, 0.6) is 0 Å².